The average Bonchev–Trinajstić information content (AvgIpc) is 3.63. The van der Waals surface area contributed by atoms with Crippen LogP contribution in [0.25, 0.3) is 0 Å². The van der Waals surface area contributed by atoms with Crippen molar-refractivity contribution in [2.45, 2.75) is 75.9 Å². The molecule has 4 aromatic carbocycles. The topological polar surface area (TPSA) is 126 Å². The monoisotopic (exact) mass is 836 g/mol. The number of carbonyl (C=O) groups excluding carboxylic acids is 4. The van der Waals surface area contributed by atoms with Crippen LogP contribution in [0.5, 0.6) is 11.5 Å². The second-order valence-corrected chi connectivity index (χ2v) is 18.4. The second kappa shape index (κ2) is 16.4. The van der Waals surface area contributed by atoms with E-state index in [2.05, 4.69) is 80.7 Å². The van der Waals surface area contributed by atoms with Gasteiger partial charge in [0.05, 0.1) is 24.8 Å². The van der Waals surface area contributed by atoms with E-state index in [0.29, 0.717) is 80.4 Å². The van der Waals surface area contributed by atoms with Gasteiger partial charge in [-0.3, -0.25) is 29.4 Å². The molecular formula is C50H56N6O6. The van der Waals surface area contributed by atoms with Gasteiger partial charge in [-0.1, -0.05) is 61.9 Å². The SMILES string of the molecule is CCCC(C(=O)NC=O)N1Cc2c(ccc3c2OCC2CN(C(=O)CN4CCC5(CC4)CN(c4ccc(C6c7ccc(O)cc7CCC6c6ccccc6)cc4)C5)CCN32)C1=O. The van der Waals surface area contributed by atoms with Crippen molar-refractivity contribution >= 4 is 35.5 Å². The Kier molecular flexibility index (Phi) is 10.7. The molecule has 6 aliphatic rings. The van der Waals surface area contributed by atoms with Crippen LogP contribution in [-0.4, -0.2) is 115 Å². The molecular weight excluding hydrogens is 781 g/mol. The maximum absolute atomic E-state index is 13.7. The molecule has 0 radical (unpaired) electrons. The molecule has 322 valence electrons. The number of fused-ring (bicyclic) bond motifs is 6. The summed E-state index contributed by atoms with van der Waals surface area (Å²) in [5.74, 6) is 1.10. The minimum atomic E-state index is -0.733. The lowest BCUT2D eigenvalue weighted by Crippen LogP contribution is -2.62. The van der Waals surface area contributed by atoms with Gasteiger partial charge < -0.3 is 29.4 Å². The number of piperazine rings is 1. The Morgan fingerprint density at radius 2 is 1.74 bits per heavy atom. The zero-order valence-corrected chi connectivity index (χ0v) is 35.5. The van der Waals surface area contributed by atoms with Crippen molar-refractivity contribution in [3.63, 3.8) is 0 Å². The van der Waals surface area contributed by atoms with Crippen LogP contribution in [0.1, 0.15) is 89.0 Å². The van der Waals surface area contributed by atoms with Crippen LogP contribution in [0.2, 0.25) is 0 Å². The number of benzene rings is 4. The molecule has 5 heterocycles. The molecule has 4 aromatic rings. The summed E-state index contributed by atoms with van der Waals surface area (Å²) in [5, 5.41) is 12.5. The largest absolute Gasteiger partial charge is 0.508 e. The molecule has 5 aliphatic heterocycles. The summed E-state index contributed by atoms with van der Waals surface area (Å²) < 4.78 is 6.37. The summed E-state index contributed by atoms with van der Waals surface area (Å²) in [7, 11) is 0. The Bertz CT molecular complexity index is 2360. The van der Waals surface area contributed by atoms with Gasteiger partial charge in [0.2, 0.25) is 18.2 Å². The van der Waals surface area contributed by atoms with E-state index < -0.39 is 11.9 Å². The number of ether oxygens (including phenoxy) is 1. The Labute approximate surface area is 363 Å². The minimum Gasteiger partial charge on any atom is -0.508 e. The predicted octanol–water partition coefficient (Wildman–Crippen LogP) is 5.66. The van der Waals surface area contributed by atoms with Crippen molar-refractivity contribution in [1.29, 1.82) is 0 Å². The van der Waals surface area contributed by atoms with Crippen molar-refractivity contribution in [3.8, 4) is 11.5 Å². The first-order chi connectivity index (χ1) is 30.2. The van der Waals surface area contributed by atoms with Gasteiger partial charge in [-0.05, 0) is 110 Å². The van der Waals surface area contributed by atoms with E-state index in [9.17, 15) is 24.3 Å². The molecule has 3 saturated heterocycles. The summed E-state index contributed by atoms with van der Waals surface area (Å²) in [6, 6.07) is 29.0. The lowest BCUT2D eigenvalue weighted by atomic mass is 9.69. The highest BCUT2D eigenvalue weighted by Gasteiger charge is 2.46. The number of hydrogen-bond donors (Lipinski definition) is 2. The number of rotatable bonds is 10. The molecule has 1 spiro atoms. The molecule has 0 saturated carbocycles. The zero-order chi connectivity index (χ0) is 42.5. The molecule has 2 N–H and O–H groups in total. The highest BCUT2D eigenvalue weighted by atomic mass is 16.5. The first kappa shape index (κ1) is 40.2. The standard InChI is InChI=1S/C50H56N6O6/c1-2-6-44(48(60)51-32-57)56-27-42-41(49(56)61)17-18-43-47(42)62-29-37-26-53(23-24-55(37)43)45(59)28-52-21-19-50(20-22-52)30-54(31-50)36-12-9-34(10-13-36)46-39(33-7-4-3-5-8-33)15-11-35-25-38(58)14-16-40(35)46/h3-5,7-10,12-14,16-18,25,32,37,39,44,46,58H,2,6,11,15,19-24,26-31H2,1H3,(H,51,57,60). The van der Waals surface area contributed by atoms with E-state index in [1.807, 2.05) is 36.1 Å². The number of nitrogens with one attached hydrogen (secondary N) is 1. The Balaban J connectivity index is 0.723. The van der Waals surface area contributed by atoms with E-state index >= 15 is 0 Å². The highest BCUT2D eigenvalue weighted by molar-refractivity contribution is 6.03. The smallest absolute Gasteiger partial charge is 0.255 e. The molecule has 0 aromatic heterocycles. The Hall–Kier alpha value is -5.88. The third-order valence-corrected chi connectivity index (χ3v) is 14.8. The lowest BCUT2D eigenvalue weighted by Gasteiger charge is -2.55. The van der Waals surface area contributed by atoms with Crippen LogP contribution < -0.4 is 19.9 Å². The summed E-state index contributed by atoms with van der Waals surface area (Å²) in [4.78, 5) is 61.6. The number of anilines is 2. The fourth-order valence-electron chi connectivity index (χ4n) is 11.5. The number of imide groups is 1. The number of piperidine rings is 1. The van der Waals surface area contributed by atoms with Gasteiger partial charge in [-0.25, -0.2) is 0 Å². The molecule has 4 atom stereocenters. The number of amides is 4. The molecule has 4 amide bonds. The number of likely N-dealkylation sites (tertiary alicyclic amines) is 1. The average molecular weight is 837 g/mol. The van der Waals surface area contributed by atoms with Crippen molar-refractivity contribution in [3.05, 3.63) is 118 Å². The predicted molar refractivity (Wildman–Crippen MR) is 237 cm³/mol. The third kappa shape index (κ3) is 7.25. The third-order valence-electron chi connectivity index (χ3n) is 14.8. The van der Waals surface area contributed by atoms with E-state index in [1.165, 1.54) is 27.9 Å². The van der Waals surface area contributed by atoms with Crippen molar-refractivity contribution in [2.75, 3.05) is 68.8 Å². The normalized spacial score (nSPS) is 23.0. The van der Waals surface area contributed by atoms with E-state index in [-0.39, 0.29) is 30.3 Å². The van der Waals surface area contributed by atoms with Gasteiger partial charge in [-0.15, -0.1) is 0 Å². The summed E-state index contributed by atoms with van der Waals surface area (Å²) in [5.41, 5.74) is 9.05. The molecule has 4 unspecified atom stereocenters. The molecule has 62 heavy (non-hydrogen) atoms. The number of carbonyl (C=O) groups is 4. The summed E-state index contributed by atoms with van der Waals surface area (Å²) in [6.07, 6.45) is 5.70. The first-order valence-corrected chi connectivity index (χ1v) is 22.5. The summed E-state index contributed by atoms with van der Waals surface area (Å²) >= 11 is 0. The minimum absolute atomic E-state index is 0.00977. The van der Waals surface area contributed by atoms with Gasteiger partial charge in [0.15, 0.2) is 0 Å². The second-order valence-electron chi connectivity index (χ2n) is 18.4. The molecule has 0 bridgehead atoms. The lowest BCUT2D eigenvalue weighted by molar-refractivity contribution is -0.134. The van der Waals surface area contributed by atoms with Crippen LogP contribution in [-0.2, 0) is 27.3 Å². The number of phenolic OH excluding ortho intramolecular Hbond substituents is 1. The van der Waals surface area contributed by atoms with Gasteiger partial charge in [0.25, 0.3) is 5.91 Å². The fraction of sp³-hybridized carbons (Fsp3) is 0.440. The maximum atomic E-state index is 13.7. The Morgan fingerprint density at radius 1 is 0.952 bits per heavy atom. The van der Waals surface area contributed by atoms with Crippen LogP contribution in [0, 0.1) is 5.41 Å². The number of aromatic hydroxyl groups is 1. The molecule has 12 heteroatoms. The van der Waals surface area contributed by atoms with E-state index in [0.717, 1.165) is 63.1 Å². The van der Waals surface area contributed by atoms with Crippen LogP contribution >= 0.6 is 0 Å². The molecule has 12 nitrogen and oxygen atoms in total. The molecule has 3 fully saturated rings. The van der Waals surface area contributed by atoms with Crippen molar-refractivity contribution < 1.29 is 29.0 Å². The summed E-state index contributed by atoms with van der Waals surface area (Å²) in [6.45, 7) is 8.85. The van der Waals surface area contributed by atoms with Gasteiger partial charge in [-0.2, -0.15) is 0 Å². The van der Waals surface area contributed by atoms with E-state index in [1.54, 1.807) is 4.90 Å². The zero-order valence-electron chi connectivity index (χ0n) is 35.5. The van der Waals surface area contributed by atoms with Crippen LogP contribution in [0.3, 0.4) is 0 Å². The Morgan fingerprint density at radius 3 is 2.50 bits per heavy atom. The first-order valence-electron chi connectivity index (χ1n) is 22.5. The van der Waals surface area contributed by atoms with Crippen molar-refractivity contribution in [2.24, 2.45) is 5.41 Å². The van der Waals surface area contributed by atoms with Gasteiger partial charge >= 0.3 is 0 Å². The number of phenols is 1. The van der Waals surface area contributed by atoms with Gasteiger partial charge in [0.1, 0.15) is 24.1 Å². The number of hydrogen-bond acceptors (Lipinski definition) is 9. The van der Waals surface area contributed by atoms with Crippen molar-refractivity contribution in [1.82, 2.24) is 20.0 Å². The van der Waals surface area contributed by atoms with E-state index in [4.69, 9.17) is 4.74 Å². The highest BCUT2D eigenvalue weighted by Crippen LogP contribution is 2.49. The van der Waals surface area contributed by atoms with Gasteiger partial charge in [0, 0.05) is 60.9 Å². The maximum Gasteiger partial charge on any atom is 0.255 e. The van der Waals surface area contributed by atoms with Crippen LogP contribution in [0.15, 0.2) is 84.9 Å². The fourth-order valence-corrected chi connectivity index (χ4v) is 11.5. The quantitative estimate of drug-likeness (QED) is 0.195. The molecule has 1 aliphatic carbocycles. The van der Waals surface area contributed by atoms with Crippen LogP contribution in [0.4, 0.5) is 11.4 Å². The number of nitrogens with zero attached hydrogens (tertiary/aromatic N) is 5. The molecule has 10 rings (SSSR count). The number of aryl methyl sites for hydroxylation is 1.